The predicted octanol–water partition coefficient (Wildman–Crippen LogP) is 2.09. The summed E-state index contributed by atoms with van der Waals surface area (Å²) in [5, 5.41) is 2.62. The molecular weight excluding hydrogens is 231 g/mol. The van der Waals surface area contributed by atoms with Crippen molar-refractivity contribution in [2.24, 2.45) is 11.7 Å². The van der Waals surface area contributed by atoms with Gasteiger partial charge in [0.1, 0.15) is 5.82 Å². The van der Waals surface area contributed by atoms with E-state index in [4.69, 9.17) is 5.73 Å². The number of aryl methyl sites for hydroxylation is 1. The number of carbonyl (C=O) groups is 1. The van der Waals surface area contributed by atoms with E-state index in [1.807, 2.05) is 0 Å². The van der Waals surface area contributed by atoms with Crippen molar-refractivity contribution in [2.75, 3.05) is 11.9 Å². The Kier molecular flexibility index (Phi) is 6.00. The Morgan fingerprint density at radius 2 is 2.12 bits per heavy atom. The van der Waals surface area contributed by atoms with Crippen LogP contribution in [0.2, 0.25) is 0 Å². The molecule has 1 unspecified atom stereocenters. The zero-order valence-corrected chi connectivity index (χ0v) is 10.1. The Bertz CT molecular complexity index is 351. The van der Waals surface area contributed by atoms with Crippen LogP contribution in [0.4, 0.5) is 10.1 Å². The number of hydrogen-bond donors (Lipinski definition) is 2. The molecule has 3 N–H and O–H groups in total. The lowest BCUT2D eigenvalue weighted by Crippen LogP contribution is -2.26. The Labute approximate surface area is 101 Å². The van der Waals surface area contributed by atoms with Gasteiger partial charge in [0.25, 0.3) is 0 Å². The molecule has 0 fully saturated rings. The first-order valence-corrected chi connectivity index (χ1v) is 4.81. The Hall–Kier alpha value is -1.13. The molecule has 0 heterocycles. The molecule has 1 atom stereocenters. The van der Waals surface area contributed by atoms with E-state index in [2.05, 4.69) is 5.32 Å². The SMILES string of the molecule is Cc1cc(F)cc(NC(=O)C(C)CN)c1.Cl. The number of nitrogens with two attached hydrogens (primary N) is 1. The number of carbonyl (C=O) groups excluding carboxylic acids is 1. The zero-order valence-electron chi connectivity index (χ0n) is 9.29. The van der Waals surface area contributed by atoms with Crippen molar-refractivity contribution in [2.45, 2.75) is 13.8 Å². The summed E-state index contributed by atoms with van der Waals surface area (Å²) in [6, 6.07) is 4.40. The Morgan fingerprint density at radius 3 is 2.62 bits per heavy atom. The fourth-order valence-corrected chi connectivity index (χ4v) is 1.18. The van der Waals surface area contributed by atoms with Crippen LogP contribution in [0.1, 0.15) is 12.5 Å². The van der Waals surface area contributed by atoms with Crippen molar-refractivity contribution < 1.29 is 9.18 Å². The van der Waals surface area contributed by atoms with Crippen LogP contribution in [0.3, 0.4) is 0 Å². The second-order valence-electron chi connectivity index (χ2n) is 3.64. The van der Waals surface area contributed by atoms with Gasteiger partial charge >= 0.3 is 0 Å². The highest BCUT2D eigenvalue weighted by Gasteiger charge is 2.11. The van der Waals surface area contributed by atoms with Crippen LogP contribution in [0.15, 0.2) is 18.2 Å². The van der Waals surface area contributed by atoms with Gasteiger partial charge in [-0.25, -0.2) is 4.39 Å². The molecule has 1 amide bonds. The second kappa shape index (κ2) is 6.45. The van der Waals surface area contributed by atoms with Gasteiger partial charge < -0.3 is 11.1 Å². The average molecular weight is 247 g/mol. The average Bonchev–Trinajstić information content (AvgIpc) is 2.14. The van der Waals surface area contributed by atoms with Crippen LogP contribution >= 0.6 is 12.4 Å². The van der Waals surface area contributed by atoms with Gasteiger partial charge in [-0.15, -0.1) is 12.4 Å². The summed E-state index contributed by atoms with van der Waals surface area (Å²) in [5.41, 5.74) is 6.59. The van der Waals surface area contributed by atoms with Crippen LogP contribution in [0.5, 0.6) is 0 Å². The van der Waals surface area contributed by atoms with Gasteiger partial charge in [0.2, 0.25) is 5.91 Å². The maximum Gasteiger partial charge on any atom is 0.228 e. The van der Waals surface area contributed by atoms with Crippen LogP contribution in [0.25, 0.3) is 0 Å². The van der Waals surface area contributed by atoms with Gasteiger partial charge in [0.05, 0.1) is 0 Å². The van der Waals surface area contributed by atoms with Crippen molar-refractivity contribution in [1.82, 2.24) is 0 Å². The molecule has 16 heavy (non-hydrogen) atoms. The lowest BCUT2D eigenvalue weighted by atomic mass is 10.1. The van der Waals surface area contributed by atoms with Crippen LogP contribution in [0, 0.1) is 18.7 Å². The predicted molar refractivity (Wildman–Crippen MR) is 65.2 cm³/mol. The number of nitrogens with one attached hydrogen (secondary N) is 1. The van der Waals surface area contributed by atoms with Gasteiger partial charge in [-0.3, -0.25) is 4.79 Å². The largest absolute Gasteiger partial charge is 0.330 e. The van der Waals surface area contributed by atoms with Gasteiger partial charge in [-0.1, -0.05) is 6.92 Å². The van der Waals surface area contributed by atoms with E-state index >= 15 is 0 Å². The highest BCUT2D eigenvalue weighted by Crippen LogP contribution is 2.14. The third kappa shape index (κ3) is 4.16. The highest BCUT2D eigenvalue weighted by molar-refractivity contribution is 5.92. The summed E-state index contributed by atoms with van der Waals surface area (Å²) in [6.07, 6.45) is 0. The van der Waals surface area contributed by atoms with Crippen molar-refractivity contribution in [3.63, 3.8) is 0 Å². The van der Waals surface area contributed by atoms with Gasteiger partial charge in [-0.2, -0.15) is 0 Å². The number of halogens is 2. The molecule has 1 rings (SSSR count). The quantitative estimate of drug-likeness (QED) is 0.858. The summed E-state index contributed by atoms with van der Waals surface area (Å²) >= 11 is 0. The van der Waals surface area contributed by atoms with E-state index in [-0.39, 0.29) is 36.6 Å². The summed E-state index contributed by atoms with van der Waals surface area (Å²) in [7, 11) is 0. The summed E-state index contributed by atoms with van der Waals surface area (Å²) < 4.78 is 13.0. The molecule has 3 nitrogen and oxygen atoms in total. The zero-order chi connectivity index (χ0) is 11.4. The third-order valence-electron chi connectivity index (χ3n) is 2.11. The van der Waals surface area contributed by atoms with Crippen molar-refractivity contribution in [3.8, 4) is 0 Å². The van der Waals surface area contributed by atoms with E-state index in [9.17, 15) is 9.18 Å². The highest BCUT2D eigenvalue weighted by atomic mass is 35.5. The summed E-state index contributed by atoms with van der Waals surface area (Å²) in [5.74, 6) is -0.818. The fourth-order valence-electron chi connectivity index (χ4n) is 1.18. The van der Waals surface area contributed by atoms with Gasteiger partial charge in [0, 0.05) is 18.2 Å². The van der Waals surface area contributed by atoms with E-state index in [0.29, 0.717) is 5.69 Å². The molecule has 0 spiro atoms. The molecule has 0 aliphatic rings. The number of anilines is 1. The van der Waals surface area contributed by atoms with Gasteiger partial charge in [-0.05, 0) is 30.7 Å². The first kappa shape index (κ1) is 14.9. The molecule has 0 saturated carbocycles. The molecule has 0 bridgehead atoms. The third-order valence-corrected chi connectivity index (χ3v) is 2.11. The summed E-state index contributed by atoms with van der Waals surface area (Å²) in [6.45, 7) is 3.77. The maximum atomic E-state index is 13.0. The van der Waals surface area contributed by atoms with E-state index in [0.717, 1.165) is 5.56 Å². The molecule has 5 heteroatoms. The Morgan fingerprint density at radius 1 is 1.50 bits per heavy atom. The minimum absolute atomic E-state index is 0. The molecule has 0 aromatic heterocycles. The van der Waals surface area contributed by atoms with Crippen molar-refractivity contribution in [3.05, 3.63) is 29.6 Å². The first-order chi connectivity index (χ1) is 7.02. The minimum atomic E-state index is -0.356. The number of benzene rings is 1. The van der Waals surface area contributed by atoms with E-state index < -0.39 is 0 Å². The topological polar surface area (TPSA) is 55.1 Å². The van der Waals surface area contributed by atoms with Crippen LogP contribution in [-0.4, -0.2) is 12.5 Å². The van der Waals surface area contributed by atoms with E-state index in [1.165, 1.54) is 12.1 Å². The molecule has 0 saturated heterocycles. The number of hydrogen-bond acceptors (Lipinski definition) is 2. The maximum absolute atomic E-state index is 13.0. The smallest absolute Gasteiger partial charge is 0.228 e. The monoisotopic (exact) mass is 246 g/mol. The van der Waals surface area contributed by atoms with Crippen molar-refractivity contribution >= 4 is 24.0 Å². The normalized spacial score (nSPS) is 11.5. The minimum Gasteiger partial charge on any atom is -0.330 e. The standard InChI is InChI=1S/C11H15FN2O.ClH/c1-7-3-9(12)5-10(4-7)14-11(15)8(2)6-13;/h3-5,8H,6,13H2,1-2H3,(H,14,15);1H. The molecule has 0 aliphatic carbocycles. The first-order valence-electron chi connectivity index (χ1n) is 4.81. The van der Waals surface area contributed by atoms with Crippen LogP contribution in [-0.2, 0) is 4.79 Å². The molecule has 1 aromatic carbocycles. The van der Waals surface area contributed by atoms with Crippen molar-refractivity contribution in [1.29, 1.82) is 0 Å². The Balaban J connectivity index is 0.00000225. The molecule has 1 aromatic rings. The molecular formula is C11H16ClFN2O. The molecule has 90 valence electrons. The lowest BCUT2D eigenvalue weighted by molar-refractivity contribution is -0.119. The van der Waals surface area contributed by atoms with Crippen LogP contribution < -0.4 is 11.1 Å². The number of amides is 1. The van der Waals surface area contributed by atoms with Gasteiger partial charge in [0.15, 0.2) is 0 Å². The summed E-state index contributed by atoms with van der Waals surface area (Å²) in [4.78, 5) is 11.5. The van der Waals surface area contributed by atoms with E-state index in [1.54, 1.807) is 19.9 Å². The lowest BCUT2D eigenvalue weighted by Gasteiger charge is -2.10. The fraction of sp³-hybridized carbons (Fsp3) is 0.364. The number of rotatable bonds is 3. The molecule has 0 aliphatic heterocycles. The second-order valence-corrected chi connectivity index (χ2v) is 3.64. The molecule has 0 radical (unpaired) electrons.